The van der Waals surface area contributed by atoms with Crippen molar-refractivity contribution >= 4 is 30.1 Å². The molecule has 0 unspecified atom stereocenters. The summed E-state index contributed by atoms with van der Waals surface area (Å²) in [6.07, 6.45) is 3.62. The summed E-state index contributed by atoms with van der Waals surface area (Å²) in [6.45, 7) is 7.21. The maximum atomic E-state index is 12.1. The van der Waals surface area contributed by atoms with Crippen molar-refractivity contribution in [1.29, 1.82) is 0 Å². The van der Waals surface area contributed by atoms with E-state index < -0.39 is 6.04 Å². The molecule has 0 spiro atoms. The third-order valence-electron chi connectivity index (χ3n) is 3.96. The number of hydrogen-bond acceptors (Lipinski definition) is 5. The molecule has 0 aromatic heterocycles. The van der Waals surface area contributed by atoms with Crippen molar-refractivity contribution in [1.82, 2.24) is 5.32 Å². The highest BCUT2D eigenvalue weighted by molar-refractivity contribution is 8.00. The number of carbonyl (C=O) groups excluding carboxylic acids is 1. The van der Waals surface area contributed by atoms with Gasteiger partial charge in [-0.05, 0) is 50.6 Å². The summed E-state index contributed by atoms with van der Waals surface area (Å²) >= 11 is 1.59. The van der Waals surface area contributed by atoms with Crippen LogP contribution < -0.4 is 20.5 Å². The van der Waals surface area contributed by atoms with Crippen LogP contribution in [0.25, 0.3) is 0 Å². The number of halogens is 1. The van der Waals surface area contributed by atoms with Gasteiger partial charge in [0.25, 0.3) is 0 Å². The molecule has 0 heterocycles. The van der Waals surface area contributed by atoms with Crippen molar-refractivity contribution in [2.75, 3.05) is 26.5 Å². The first-order chi connectivity index (χ1) is 11.4. The SMILES string of the molecule is CCCOc1ccc(CCNC(=O)[C@@H](N)C(C)(C)SC)cc1OC.Cl. The lowest BCUT2D eigenvalue weighted by Crippen LogP contribution is -2.52. The van der Waals surface area contributed by atoms with E-state index in [-0.39, 0.29) is 23.1 Å². The Balaban J connectivity index is 0.00000576. The number of nitrogens with one attached hydrogen (secondary N) is 1. The highest BCUT2D eigenvalue weighted by Crippen LogP contribution is 2.28. The molecular weight excluding hydrogens is 360 g/mol. The Morgan fingerprint density at radius 2 is 2.04 bits per heavy atom. The maximum Gasteiger partial charge on any atom is 0.238 e. The van der Waals surface area contributed by atoms with Crippen molar-refractivity contribution in [3.63, 3.8) is 0 Å². The normalized spacial score (nSPS) is 12.1. The molecule has 25 heavy (non-hydrogen) atoms. The number of rotatable bonds is 10. The van der Waals surface area contributed by atoms with Crippen LogP contribution in [0.1, 0.15) is 32.8 Å². The smallest absolute Gasteiger partial charge is 0.238 e. The number of benzene rings is 1. The van der Waals surface area contributed by atoms with Gasteiger partial charge in [-0.3, -0.25) is 4.79 Å². The molecule has 0 bridgehead atoms. The number of ether oxygens (including phenoxy) is 2. The summed E-state index contributed by atoms with van der Waals surface area (Å²) in [4.78, 5) is 12.1. The summed E-state index contributed by atoms with van der Waals surface area (Å²) in [5.74, 6) is 1.34. The number of amides is 1. The van der Waals surface area contributed by atoms with Gasteiger partial charge in [0.05, 0.1) is 19.8 Å². The predicted octanol–water partition coefficient (Wildman–Crippen LogP) is 3.03. The average molecular weight is 391 g/mol. The zero-order valence-electron chi connectivity index (χ0n) is 15.8. The number of thioether (sulfide) groups is 1. The monoisotopic (exact) mass is 390 g/mol. The minimum absolute atomic E-state index is 0. The fraction of sp³-hybridized carbons (Fsp3) is 0.611. The standard InChI is InChI=1S/C18H30N2O3S.ClH/c1-6-11-23-14-8-7-13(12-15(14)22-4)9-10-20-17(21)16(19)18(2,3)24-5;/h7-8,12,16H,6,9-11,19H2,1-5H3,(H,20,21);1H/t16-;/m1./s1. The van der Waals surface area contributed by atoms with Crippen molar-refractivity contribution in [2.45, 2.75) is 44.4 Å². The van der Waals surface area contributed by atoms with Gasteiger partial charge in [-0.2, -0.15) is 11.8 Å². The van der Waals surface area contributed by atoms with Crippen LogP contribution in [0.4, 0.5) is 0 Å². The van der Waals surface area contributed by atoms with Crippen molar-refractivity contribution < 1.29 is 14.3 Å². The van der Waals surface area contributed by atoms with Crippen LogP contribution in [0.3, 0.4) is 0 Å². The van der Waals surface area contributed by atoms with E-state index in [9.17, 15) is 4.79 Å². The summed E-state index contributed by atoms with van der Waals surface area (Å²) in [7, 11) is 1.63. The van der Waals surface area contributed by atoms with Gasteiger partial charge in [0.1, 0.15) is 0 Å². The molecule has 7 heteroatoms. The largest absolute Gasteiger partial charge is 0.493 e. The van der Waals surface area contributed by atoms with E-state index in [2.05, 4.69) is 12.2 Å². The molecule has 5 nitrogen and oxygen atoms in total. The first-order valence-corrected chi connectivity index (χ1v) is 9.46. The highest BCUT2D eigenvalue weighted by Gasteiger charge is 2.30. The number of hydrogen-bond donors (Lipinski definition) is 2. The van der Waals surface area contributed by atoms with Crippen molar-refractivity contribution in [3.05, 3.63) is 23.8 Å². The van der Waals surface area contributed by atoms with E-state index >= 15 is 0 Å². The molecule has 1 rings (SSSR count). The number of carbonyl (C=O) groups is 1. The van der Waals surface area contributed by atoms with Crippen LogP contribution in [-0.4, -0.2) is 43.2 Å². The minimum atomic E-state index is -0.535. The zero-order chi connectivity index (χ0) is 18.2. The lowest BCUT2D eigenvalue weighted by molar-refractivity contribution is -0.122. The Hall–Kier alpha value is -1.11. The van der Waals surface area contributed by atoms with Gasteiger partial charge in [0, 0.05) is 11.3 Å². The van der Waals surface area contributed by atoms with Crippen LogP contribution in [-0.2, 0) is 11.2 Å². The van der Waals surface area contributed by atoms with E-state index in [0.717, 1.165) is 17.7 Å². The predicted molar refractivity (Wildman–Crippen MR) is 108 cm³/mol. The Labute approximate surface area is 161 Å². The van der Waals surface area contributed by atoms with Gasteiger partial charge in [0.15, 0.2) is 11.5 Å². The Morgan fingerprint density at radius 1 is 1.36 bits per heavy atom. The average Bonchev–Trinajstić information content (AvgIpc) is 2.59. The fourth-order valence-corrected chi connectivity index (χ4v) is 2.44. The number of nitrogens with two attached hydrogens (primary N) is 1. The molecule has 0 fully saturated rings. The summed E-state index contributed by atoms with van der Waals surface area (Å²) in [5, 5.41) is 2.91. The first kappa shape index (κ1) is 23.9. The van der Waals surface area contributed by atoms with E-state index in [1.807, 2.05) is 38.3 Å². The molecule has 0 aliphatic heterocycles. The van der Waals surface area contributed by atoms with Crippen LogP contribution in [0, 0.1) is 0 Å². The van der Waals surface area contributed by atoms with Gasteiger partial charge in [-0.1, -0.05) is 13.0 Å². The molecule has 0 saturated carbocycles. The lowest BCUT2D eigenvalue weighted by atomic mass is 10.0. The molecule has 1 aromatic carbocycles. The molecule has 1 aromatic rings. The summed E-state index contributed by atoms with van der Waals surface area (Å²) < 4.78 is 10.7. The topological polar surface area (TPSA) is 73.6 Å². The second-order valence-corrected chi connectivity index (χ2v) is 7.62. The number of methoxy groups -OCH3 is 1. The molecule has 0 aliphatic carbocycles. The van der Waals surface area contributed by atoms with Crippen LogP contribution in [0.2, 0.25) is 0 Å². The van der Waals surface area contributed by atoms with Gasteiger partial charge in [-0.25, -0.2) is 0 Å². The minimum Gasteiger partial charge on any atom is -0.493 e. The first-order valence-electron chi connectivity index (χ1n) is 8.23. The van der Waals surface area contributed by atoms with E-state index in [0.29, 0.717) is 25.3 Å². The fourth-order valence-electron chi connectivity index (χ4n) is 2.08. The van der Waals surface area contributed by atoms with Crippen molar-refractivity contribution in [2.24, 2.45) is 5.73 Å². The van der Waals surface area contributed by atoms with Crippen LogP contribution >= 0.6 is 24.2 Å². The van der Waals surface area contributed by atoms with E-state index in [1.165, 1.54) is 0 Å². The molecule has 0 saturated heterocycles. The van der Waals surface area contributed by atoms with E-state index in [1.54, 1.807) is 18.9 Å². The Morgan fingerprint density at radius 3 is 2.60 bits per heavy atom. The third-order valence-corrected chi connectivity index (χ3v) is 5.27. The van der Waals surface area contributed by atoms with Crippen molar-refractivity contribution in [3.8, 4) is 11.5 Å². The van der Waals surface area contributed by atoms with Gasteiger partial charge in [-0.15, -0.1) is 12.4 Å². The van der Waals surface area contributed by atoms with Gasteiger partial charge >= 0.3 is 0 Å². The molecule has 0 aliphatic rings. The Kier molecular flexibility index (Phi) is 11.0. The second kappa shape index (κ2) is 11.5. The summed E-state index contributed by atoms with van der Waals surface area (Å²) in [5.41, 5.74) is 7.11. The quantitative estimate of drug-likeness (QED) is 0.642. The van der Waals surface area contributed by atoms with Crippen LogP contribution in [0.5, 0.6) is 11.5 Å². The molecular formula is C18H31ClN2O3S. The second-order valence-electron chi connectivity index (χ2n) is 6.16. The van der Waals surface area contributed by atoms with Gasteiger partial charge in [0.2, 0.25) is 5.91 Å². The molecule has 3 N–H and O–H groups in total. The molecule has 144 valence electrons. The lowest BCUT2D eigenvalue weighted by Gasteiger charge is -2.28. The molecule has 0 radical (unpaired) electrons. The molecule has 1 amide bonds. The van der Waals surface area contributed by atoms with Gasteiger partial charge < -0.3 is 20.5 Å². The van der Waals surface area contributed by atoms with E-state index in [4.69, 9.17) is 15.2 Å². The Bertz CT molecular complexity index is 541. The summed E-state index contributed by atoms with van der Waals surface area (Å²) in [6, 6.07) is 5.31. The third kappa shape index (κ3) is 7.34. The zero-order valence-corrected chi connectivity index (χ0v) is 17.4. The van der Waals surface area contributed by atoms with Crippen LogP contribution in [0.15, 0.2) is 18.2 Å². The molecule has 1 atom stereocenters. The highest BCUT2D eigenvalue weighted by atomic mass is 35.5. The maximum absolute atomic E-state index is 12.1.